The average Bonchev–Trinajstić information content (AvgIpc) is 2.20. The fraction of sp³-hybridized carbons (Fsp3) is 0. The largest absolute Gasteiger partial charge is 0.255 e. The molecule has 0 spiro atoms. The lowest BCUT2D eigenvalue weighted by Crippen LogP contribution is -1.83. The van der Waals surface area contributed by atoms with Crippen molar-refractivity contribution in [2.45, 2.75) is 4.90 Å². The zero-order valence-electron chi connectivity index (χ0n) is 7.31. The van der Waals surface area contributed by atoms with Crippen molar-refractivity contribution in [1.29, 1.82) is 0 Å². The predicted octanol–water partition coefficient (Wildman–Crippen LogP) is 3.69. The van der Waals surface area contributed by atoms with Gasteiger partial charge in [-0.25, -0.2) is 0 Å². The van der Waals surface area contributed by atoms with E-state index in [9.17, 15) is 0 Å². The Hall–Kier alpha value is -0.990. The van der Waals surface area contributed by atoms with Gasteiger partial charge in [0.15, 0.2) is 0 Å². The van der Waals surface area contributed by atoms with Crippen molar-refractivity contribution < 1.29 is 0 Å². The molecule has 14 heavy (non-hydrogen) atoms. The van der Waals surface area contributed by atoms with Crippen LogP contribution in [0.2, 0.25) is 5.02 Å². The quantitative estimate of drug-likeness (QED) is 0.725. The molecule has 0 N–H and O–H groups in total. The third-order valence-corrected chi connectivity index (χ3v) is 2.49. The highest BCUT2D eigenvalue weighted by molar-refractivity contribution is 7.80. The lowest BCUT2D eigenvalue weighted by Gasteiger charge is -2.02. The van der Waals surface area contributed by atoms with Gasteiger partial charge in [-0.3, -0.25) is 4.98 Å². The van der Waals surface area contributed by atoms with Gasteiger partial charge in [0.25, 0.3) is 0 Å². The molecule has 1 aromatic heterocycles. The van der Waals surface area contributed by atoms with Gasteiger partial charge in [0.2, 0.25) is 0 Å². The summed E-state index contributed by atoms with van der Waals surface area (Å²) in [5.41, 5.74) is 1.82. The molecule has 0 aliphatic heterocycles. The molecular weight excluding hydrogens is 214 g/mol. The van der Waals surface area contributed by atoms with E-state index in [2.05, 4.69) is 17.6 Å². The molecule has 0 fully saturated rings. The average molecular weight is 222 g/mol. The van der Waals surface area contributed by atoms with E-state index in [4.69, 9.17) is 11.6 Å². The van der Waals surface area contributed by atoms with Crippen LogP contribution in [0.4, 0.5) is 0 Å². The van der Waals surface area contributed by atoms with Crippen molar-refractivity contribution in [3.05, 3.63) is 47.6 Å². The zero-order valence-corrected chi connectivity index (χ0v) is 8.96. The molecule has 0 atom stereocenters. The first-order valence-corrected chi connectivity index (χ1v) is 5.00. The Balaban J connectivity index is 2.50. The van der Waals surface area contributed by atoms with Gasteiger partial charge in [0.05, 0.1) is 5.69 Å². The number of hydrogen-bond donors (Lipinski definition) is 1. The Labute approximate surface area is 93.2 Å². The molecule has 1 nitrogen and oxygen atoms in total. The van der Waals surface area contributed by atoms with Gasteiger partial charge >= 0.3 is 0 Å². The van der Waals surface area contributed by atoms with Crippen LogP contribution in [0.1, 0.15) is 0 Å². The second-order valence-corrected chi connectivity index (χ2v) is 3.81. The van der Waals surface area contributed by atoms with Crippen LogP contribution in [0.25, 0.3) is 11.3 Å². The van der Waals surface area contributed by atoms with Crippen molar-refractivity contribution in [3.8, 4) is 11.3 Å². The summed E-state index contributed by atoms with van der Waals surface area (Å²) in [5, 5.41) is 0.715. The molecule has 0 bridgehead atoms. The Kier molecular flexibility index (Phi) is 2.75. The van der Waals surface area contributed by atoms with Crippen LogP contribution in [0.5, 0.6) is 0 Å². The summed E-state index contributed by atoms with van der Waals surface area (Å²) in [6, 6.07) is 11.4. The van der Waals surface area contributed by atoms with E-state index in [1.165, 1.54) is 0 Å². The van der Waals surface area contributed by atoms with Crippen LogP contribution in [0.3, 0.4) is 0 Å². The van der Waals surface area contributed by atoms with Gasteiger partial charge in [-0.15, -0.1) is 12.6 Å². The summed E-state index contributed by atoms with van der Waals surface area (Å²) < 4.78 is 0. The maximum Gasteiger partial charge on any atom is 0.0717 e. The highest BCUT2D eigenvalue weighted by Crippen LogP contribution is 2.25. The molecule has 0 saturated heterocycles. The number of halogens is 1. The van der Waals surface area contributed by atoms with Crippen LogP contribution in [-0.4, -0.2) is 4.98 Å². The minimum atomic E-state index is 0.715. The van der Waals surface area contributed by atoms with Crippen LogP contribution >= 0.6 is 24.2 Å². The number of thiol groups is 1. The third kappa shape index (κ3) is 1.91. The van der Waals surface area contributed by atoms with E-state index in [1.54, 1.807) is 6.20 Å². The molecule has 0 unspecified atom stereocenters. The molecule has 0 aliphatic carbocycles. The lowest BCUT2D eigenvalue weighted by atomic mass is 10.1. The summed E-state index contributed by atoms with van der Waals surface area (Å²) in [5.74, 6) is 0. The molecule has 0 amide bonds. The maximum absolute atomic E-state index is 6.04. The van der Waals surface area contributed by atoms with Gasteiger partial charge in [0, 0.05) is 21.7 Å². The van der Waals surface area contributed by atoms with Crippen LogP contribution in [0.15, 0.2) is 47.5 Å². The zero-order chi connectivity index (χ0) is 9.97. The van der Waals surface area contributed by atoms with Crippen LogP contribution in [0, 0.1) is 0 Å². The Bertz CT molecular complexity index is 439. The minimum Gasteiger partial charge on any atom is -0.255 e. The smallest absolute Gasteiger partial charge is 0.0717 e. The van der Waals surface area contributed by atoms with Gasteiger partial charge in [-0.2, -0.15) is 0 Å². The van der Waals surface area contributed by atoms with Gasteiger partial charge in [-0.05, 0) is 18.2 Å². The summed E-state index contributed by atoms with van der Waals surface area (Å²) in [6.45, 7) is 0. The number of pyridine rings is 1. The Morgan fingerprint density at radius 2 is 1.86 bits per heavy atom. The van der Waals surface area contributed by atoms with Crippen LogP contribution < -0.4 is 0 Å². The van der Waals surface area contributed by atoms with Crippen LogP contribution in [-0.2, 0) is 0 Å². The molecule has 0 saturated carbocycles. The fourth-order valence-electron chi connectivity index (χ4n) is 1.21. The summed E-state index contributed by atoms with van der Waals surface area (Å²) in [6.07, 6.45) is 1.71. The van der Waals surface area contributed by atoms with Crippen molar-refractivity contribution in [3.63, 3.8) is 0 Å². The molecule has 3 heteroatoms. The fourth-order valence-corrected chi connectivity index (χ4v) is 1.58. The maximum atomic E-state index is 6.04. The Morgan fingerprint density at radius 1 is 1.07 bits per heavy atom. The molecule has 2 aromatic rings. The molecule has 1 aromatic carbocycles. The second-order valence-electron chi connectivity index (χ2n) is 2.88. The molecule has 0 aliphatic rings. The topological polar surface area (TPSA) is 12.9 Å². The van der Waals surface area contributed by atoms with Crippen molar-refractivity contribution in [1.82, 2.24) is 4.98 Å². The summed E-state index contributed by atoms with van der Waals surface area (Å²) in [7, 11) is 0. The first-order chi connectivity index (χ1) is 6.77. The highest BCUT2D eigenvalue weighted by atomic mass is 35.5. The van der Waals surface area contributed by atoms with E-state index in [-0.39, 0.29) is 0 Å². The van der Waals surface area contributed by atoms with Gasteiger partial charge < -0.3 is 0 Å². The van der Waals surface area contributed by atoms with Gasteiger partial charge in [-0.1, -0.05) is 29.8 Å². The summed E-state index contributed by atoms with van der Waals surface area (Å²) >= 11 is 10.2. The standard InChI is InChI=1S/C11H8ClNS/c12-10-4-2-1-3-9(10)11-6-5-8(14)7-13-11/h1-7,14H. The normalized spacial score (nSPS) is 10.1. The minimum absolute atomic E-state index is 0.715. The SMILES string of the molecule is Sc1ccc(-c2ccccc2Cl)nc1. The predicted molar refractivity (Wildman–Crippen MR) is 61.9 cm³/mol. The first kappa shape index (κ1) is 9.56. The third-order valence-electron chi connectivity index (χ3n) is 1.90. The number of benzene rings is 1. The lowest BCUT2D eigenvalue weighted by molar-refractivity contribution is 1.25. The molecule has 2 rings (SSSR count). The van der Waals surface area contributed by atoms with E-state index >= 15 is 0 Å². The number of rotatable bonds is 1. The van der Waals surface area contributed by atoms with Crippen molar-refractivity contribution >= 4 is 24.2 Å². The second kappa shape index (κ2) is 4.03. The number of aromatic nitrogens is 1. The summed E-state index contributed by atoms with van der Waals surface area (Å²) in [4.78, 5) is 5.10. The van der Waals surface area contributed by atoms with Gasteiger partial charge in [0.1, 0.15) is 0 Å². The van der Waals surface area contributed by atoms with E-state index in [0.29, 0.717) is 5.02 Å². The molecule has 1 heterocycles. The molecular formula is C11H8ClNS. The monoisotopic (exact) mass is 221 g/mol. The number of hydrogen-bond acceptors (Lipinski definition) is 2. The van der Waals surface area contributed by atoms with Crippen molar-refractivity contribution in [2.75, 3.05) is 0 Å². The highest BCUT2D eigenvalue weighted by Gasteiger charge is 2.02. The first-order valence-electron chi connectivity index (χ1n) is 4.17. The van der Waals surface area contributed by atoms with E-state index in [0.717, 1.165) is 16.2 Å². The van der Waals surface area contributed by atoms with Crippen molar-refractivity contribution in [2.24, 2.45) is 0 Å². The Morgan fingerprint density at radius 3 is 2.50 bits per heavy atom. The van der Waals surface area contributed by atoms with E-state index < -0.39 is 0 Å². The molecule has 0 radical (unpaired) electrons. The molecule has 70 valence electrons. The number of nitrogens with zero attached hydrogens (tertiary/aromatic N) is 1. The van der Waals surface area contributed by atoms with E-state index in [1.807, 2.05) is 36.4 Å².